The molecule has 0 aliphatic rings. The summed E-state index contributed by atoms with van der Waals surface area (Å²) in [5.74, 6) is 0.925. The zero-order valence-electron chi connectivity index (χ0n) is 10.7. The highest BCUT2D eigenvalue weighted by Crippen LogP contribution is 2.11. The third-order valence-corrected chi connectivity index (χ3v) is 2.51. The van der Waals surface area contributed by atoms with Crippen molar-refractivity contribution in [3.05, 3.63) is 29.8 Å². The molecule has 3 heteroatoms. The fourth-order valence-electron chi connectivity index (χ4n) is 1.34. The lowest BCUT2D eigenvalue weighted by Gasteiger charge is -2.15. The van der Waals surface area contributed by atoms with Crippen LogP contribution in [0.5, 0.6) is 5.75 Å². The summed E-state index contributed by atoms with van der Waals surface area (Å²) < 4.78 is 5.64. The Hall–Kier alpha value is -1.53. The van der Waals surface area contributed by atoms with E-state index in [9.17, 15) is 0 Å². The van der Waals surface area contributed by atoms with Crippen LogP contribution in [-0.2, 0) is 0 Å². The summed E-state index contributed by atoms with van der Waals surface area (Å²) in [6, 6.07) is 10.4. The molecular weight excluding hydrogens is 212 g/mol. The van der Waals surface area contributed by atoms with E-state index in [1.165, 1.54) is 5.56 Å². The molecule has 2 atom stereocenters. The van der Waals surface area contributed by atoms with E-state index >= 15 is 0 Å². The van der Waals surface area contributed by atoms with Gasteiger partial charge in [-0.15, -0.1) is 0 Å². The zero-order valence-corrected chi connectivity index (χ0v) is 10.7. The second kappa shape index (κ2) is 6.93. The van der Waals surface area contributed by atoms with Gasteiger partial charge in [0.05, 0.1) is 12.0 Å². The Morgan fingerprint density at radius 3 is 2.53 bits per heavy atom. The Kier molecular flexibility index (Phi) is 5.51. The van der Waals surface area contributed by atoms with E-state index in [0.29, 0.717) is 13.2 Å². The molecule has 1 aromatic carbocycles. The SMILES string of the molecule is Cc1ccc(OCC(C)NCC(C)C#N)cc1. The number of hydrogen-bond acceptors (Lipinski definition) is 3. The van der Waals surface area contributed by atoms with Crippen molar-refractivity contribution in [2.45, 2.75) is 26.8 Å². The summed E-state index contributed by atoms with van der Waals surface area (Å²) in [5.41, 5.74) is 1.23. The van der Waals surface area contributed by atoms with Crippen LogP contribution in [0.2, 0.25) is 0 Å². The van der Waals surface area contributed by atoms with Gasteiger partial charge in [-0.1, -0.05) is 17.7 Å². The number of hydrogen-bond donors (Lipinski definition) is 1. The smallest absolute Gasteiger partial charge is 0.119 e. The maximum Gasteiger partial charge on any atom is 0.119 e. The molecule has 17 heavy (non-hydrogen) atoms. The van der Waals surface area contributed by atoms with E-state index < -0.39 is 0 Å². The van der Waals surface area contributed by atoms with Gasteiger partial charge in [-0.3, -0.25) is 0 Å². The second-order valence-electron chi connectivity index (χ2n) is 4.46. The Balaban J connectivity index is 2.26. The number of nitrogens with zero attached hydrogens (tertiary/aromatic N) is 1. The molecule has 92 valence electrons. The number of ether oxygens (including phenoxy) is 1. The second-order valence-corrected chi connectivity index (χ2v) is 4.46. The lowest BCUT2D eigenvalue weighted by atomic mass is 10.2. The largest absolute Gasteiger partial charge is 0.492 e. The molecule has 0 aliphatic carbocycles. The van der Waals surface area contributed by atoms with Crippen LogP contribution in [0.25, 0.3) is 0 Å². The first-order valence-corrected chi connectivity index (χ1v) is 5.94. The van der Waals surface area contributed by atoms with Gasteiger partial charge in [-0.25, -0.2) is 0 Å². The highest BCUT2D eigenvalue weighted by Gasteiger charge is 2.05. The van der Waals surface area contributed by atoms with Gasteiger partial charge in [0.15, 0.2) is 0 Å². The summed E-state index contributed by atoms with van der Waals surface area (Å²) in [4.78, 5) is 0. The van der Waals surface area contributed by atoms with Crippen molar-refractivity contribution in [2.24, 2.45) is 5.92 Å². The van der Waals surface area contributed by atoms with Crippen LogP contribution in [0.15, 0.2) is 24.3 Å². The molecule has 0 bridgehead atoms. The van der Waals surface area contributed by atoms with Crippen LogP contribution < -0.4 is 10.1 Å². The lowest BCUT2D eigenvalue weighted by Crippen LogP contribution is -2.34. The standard InChI is InChI=1S/C14H20N2O/c1-11-4-6-14(7-5-11)17-10-13(3)16-9-12(2)8-15/h4-7,12-13,16H,9-10H2,1-3H3. The molecule has 2 unspecified atom stereocenters. The molecule has 0 radical (unpaired) electrons. The maximum absolute atomic E-state index is 8.66. The third kappa shape index (κ3) is 5.37. The van der Waals surface area contributed by atoms with E-state index in [1.807, 2.05) is 31.2 Å². The third-order valence-electron chi connectivity index (χ3n) is 2.51. The van der Waals surface area contributed by atoms with Gasteiger partial charge in [-0.2, -0.15) is 5.26 Å². The minimum Gasteiger partial charge on any atom is -0.492 e. The normalized spacial score (nSPS) is 13.8. The van der Waals surface area contributed by atoms with E-state index in [-0.39, 0.29) is 12.0 Å². The van der Waals surface area contributed by atoms with Gasteiger partial charge in [0.25, 0.3) is 0 Å². The van der Waals surface area contributed by atoms with Crippen molar-refractivity contribution in [1.29, 1.82) is 5.26 Å². The van der Waals surface area contributed by atoms with E-state index in [2.05, 4.69) is 25.2 Å². The zero-order chi connectivity index (χ0) is 12.7. The highest BCUT2D eigenvalue weighted by atomic mass is 16.5. The molecule has 0 saturated heterocycles. The summed E-state index contributed by atoms with van der Waals surface area (Å²) in [7, 11) is 0. The molecule has 0 spiro atoms. The van der Waals surface area contributed by atoms with Gasteiger partial charge in [0.2, 0.25) is 0 Å². The summed E-state index contributed by atoms with van der Waals surface area (Å²) in [6.45, 7) is 7.33. The Morgan fingerprint density at radius 1 is 1.29 bits per heavy atom. The number of aryl methyl sites for hydroxylation is 1. The topological polar surface area (TPSA) is 45.0 Å². The predicted octanol–water partition coefficient (Wildman–Crippen LogP) is 2.51. The van der Waals surface area contributed by atoms with Gasteiger partial charge < -0.3 is 10.1 Å². The van der Waals surface area contributed by atoms with Crippen LogP contribution >= 0.6 is 0 Å². The average Bonchev–Trinajstić information content (AvgIpc) is 2.35. The predicted molar refractivity (Wildman–Crippen MR) is 68.9 cm³/mol. The minimum absolute atomic E-state index is 0.0387. The number of benzene rings is 1. The van der Waals surface area contributed by atoms with E-state index in [4.69, 9.17) is 10.00 Å². The molecule has 0 fully saturated rings. The Morgan fingerprint density at radius 2 is 1.94 bits per heavy atom. The first-order valence-electron chi connectivity index (χ1n) is 5.94. The molecule has 0 saturated carbocycles. The van der Waals surface area contributed by atoms with Crippen LogP contribution in [0.3, 0.4) is 0 Å². The maximum atomic E-state index is 8.66. The summed E-state index contributed by atoms with van der Waals surface area (Å²) in [5, 5.41) is 11.9. The van der Waals surface area contributed by atoms with E-state index in [0.717, 1.165) is 5.75 Å². The Bertz CT molecular complexity index is 367. The molecular formula is C14H20N2O. The van der Waals surface area contributed by atoms with Crippen molar-refractivity contribution < 1.29 is 4.74 Å². The molecule has 0 amide bonds. The molecule has 0 heterocycles. The van der Waals surface area contributed by atoms with Crippen LogP contribution in [0.1, 0.15) is 19.4 Å². The average molecular weight is 232 g/mol. The molecule has 3 nitrogen and oxygen atoms in total. The fourth-order valence-corrected chi connectivity index (χ4v) is 1.34. The molecule has 0 aliphatic heterocycles. The van der Waals surface area contributed by atoms with Gasteiger partial charge in [0, 0.05) is 12.6 Å². The van der Waals surface area contributed by atoms with Crippen molar-refractivity contribution in [3.63, 3.8) is 0 Å². The van der Waals surface area contributed by atoms with Crippen molar-refractivity contribution in [1.82, 2.24) is 5.32 Å². The molecule has 0 aromatic heterocycles. The minimum atomic E-state index is 0.0387. The number of nitriles is 1. The number of rotatable bonds is 6. The van der Waals surface area contributed by atoms with Gasteiger partial charge >= 0.3 is 0 Å². The fraction of sp³-hybridized carbons (Fsp3) is 0.500. The van der Waals surface area contributed by atoms with Gasteiger partial charge in [0.1, 0.15) is 12.4 Å². The van der Waals surface area contributed by atoms with Gasteiger partial charge in [-0.05, 0) is 32.9 Å². The number of nitrogens with one attached hydrogen (secondary N) is 1. The highest BCUT2D eigenvalue weighted by molar-refractivity contribution is 5.26. The van der Waals surface area contributed by atoms with Crippen LogP contribution in [0.4, 0.5) is 0 Å². The Labute approximate surface area is 103 Å². The first-order chi connectivity index (χ1) is 8.11. The van der Waals surface area contributed by atoms with Crippen molar-refractivity contribution in [3.8, 4) is 11.8 Å². The van der Waals surface area contributed by atoms with E-state index in [1.54, 1.807) is 0 Å². The van der Waals surface area contributed by atoms with Crippen molar-refractivity contribution in [2.75, 3.05) is 13.2 Å². The van der Waals surface area contributed by atoms with Crippen LogP contribution in [-0.4, -0.2) is 19.2 Å². The quantitative estimate of drug-likeness (QED) is 0.819. The summed E-state index contributed by atoms with van der Waals surface area (Å²) in [6.07, 6.45) is 0. The van der Waals surface area contributed by atoms with Crippen molar-refractivity contribution >= 4 is 0 Å². The summed E-state index contributed by atoms with van der Waals surface area (Å²) >= 11 is 0. The lowest BCUT2D eigenvalue weighted by molar-refractivity contribution is 0.271. The first kappa shape index (κ1) is 13.5. The monoisotopic (exact) mass is 232 g/mol. The molecule has 1 N–H and O–H groups in total. The molecule has 1 aromatic rings. The molecule has 1 rings (SSSR count). The van der Waals surface area contributed by atoms with Crippen LogP contribution in [0, 0.1) is 24.2 Å².